The molecule has 2 N–H and O–H groups in total. The molecular weight excluding hydrogens is 394 g/mol. The summed E-state index contributed by atoms with van der Waals surface area (Å²) in [5.74, 6) is 1.10. The summed E-state index contributed by atoms with van der Waals surface area (Å²) in [5, 5.41) is 5.99. The number of ether oxygens (including phenoxy) is 2. The number of hydrogen-bond donors (Lipinski definition) is 2. The summed E-state index contributed by atoms with van der Waals surface area (Å²) in [4.78, 5) is 27.5. The number of carbonyl (C=O) groups excluding carboxylic acids is 2. The fraction of sp³-hybridized carbons (Fsp3) is 0.417. The van der Waals surface area contributed by atoms with Crippen molar-refractivity contribution in [2.75, 3.05) is 27.3 Å². The van der Waals surface area contributed by atoms with Crippen LogP contribution in [0.1, 0.15) is 46.9 Å². The van der Waals surface area contributed by atoms with E-state index in [0.717, 1.165) is 16.7 Å². The Hall–Kier alpha value is -3.22. The van der Waals surface area contributed by atoms with Crippen LogP contribution in [0.4, 0.5) is 4.79 Å². The third-order valence-electron chi connectivity index (χ3n) is 5.52. The lowest BCUT2D eigenvalue weighted by Gasteiger charge is -2.38. The van der Waals surface area contributed by atoms with Crippen LogP contribution in [-0.2, 0) is 6.42 Å². The number of methoxy groups -OCH3 is 2. The van der Waals surface area contributed by atoms with Crippen LogP contribution in [0.2, 0.25) is 0 Å². The molecule has 0 aliphatic carbocycles. The van der Waals surface area contributed by atoms with E-state index in [-0.39, 0.29) is 24.0 Å². The Labute approximate surface area is 183 Å². The van der Waals surface area contributed by atoms with E-state index in [4.69, 9.17) is 9.47 Å². The second kappa shape index (κ2) is 9.73. The molecule has 2 aromatic carbocycles. The molecule has 31 heavy (non-hydrogen) atoms. The number of benzene rings is 2. The topological polar surface area (TPSA) is 79.9 Å². The SMILES string of the molecule is COc1cc2c(cc1OC)C(CNC(=O)c1ccccc1C)N(C(=O)NC(C)C)CC2. The lowest BCUT2D eigenvalue weighted by Crippen LogP contribution is -2.50. The second-order valence-corrected chi connectivity index (χ2v) is 7.99. The van der Waals surface area contributed by atoms with Crippen molar-refractivity contribution >= 4 is 11.9 Å². The van der Waals surface area contributed by atoms with Gasteiger partial charge in [0, 0.05) is 24.7 Å². The van der Waals surface area contributed by atoms with Crippen molar-refractivity contribution in [1.29, 1.82) is 0 Å². The Kier molecular flexibility index (Phi) is 7.05. The van der Waals surface area contributed by atoms with E-state index in [1.165, 1.54) is 0 Å². The Balaban J connectivity index is 1.92. The number of nitrogens with one attached hydrogen (secondary N) is 2. The fourth-order valence-electron chi connectivity index (χ4n) is 3.93. The Morgan fingerprint density at radius 1 is 1.13 bits per heavy atom. The maximum absolute atomic E-state index is 12.9. The molecule has 1 unspecified atom stereocenters. The highest BCUT2D eigenvalue weighted by Gasteiger charge is 2.33. The molecule has 0 radical (unpaired) electrons. The van der Waals surface area contributed by atoms with Crippen molar-refractivity contribution in [2.24, 2.45) is 0 Å². The van der Waals surface area contributed by atoms with E-state index < -0.39 is 0 Å². The summed E-state index contributed by atoms with van der Waals surface area (Å²) in [6, 6.07) is 10.9. The normalized spacial score (nSPS) is 15.3. The van der Waals surface area contributed by atoms with Crippen molar-refractivity contribution in [1.82, 2.24) is 15.5 Å². The molecule has 0 aromatic heterocycles. The molecule has 1 aliphatic rings. The lowest BCUT2D eigenvalue weighted by molar-refractivity contribution is 0.0933. The maximum atomic E-state index is 12.9. The van der Waals surface area contributed by atoms with E-state index in [1.807, 2.05) is 51.1 Å². The van der Waals surface area contributed by atoms with Crippen molar-refractivity contribution < 1.29 is 19.1 Å². The summed E-state index contributed by atoms with van der Waals surface area (Å²) >= 11 is 0. The van der Waals surface area contributed by atoms with Crippen molar-refractivity contribution in [3.05, 3.63) is 58.7 Å². The first kappa shape index (κ1) is 22.5. The number of hydrogen-bond acceptors (Lipinski definition) is 4. The molecule has 0 spiro atoms. The largest absolute Gasteiger partial charge is 0.493 e. The zero-order valence-corrected chi connectivity index (χ0v) is 18.8. The molecular formula is C24H31N3O4. The molecule has 0 bridgehead atoms. The van der Waals surface area contributed by atoms with Gasteiger partial charge in [0.05, 0.1) is 20.3 Å². The van der Waals surface area contributed by atoms with Gasteiger partial charge >= 0.3 is 6.03 Å². The van der Waals surface area contributed by atoms with Crippen molar-refractivity contribution in [3.63, 3.8) is 0 Å². The van der Waals surface area contributed by atoms with Crippen LogP contribution in [0.3, 0.4) is 0 Å². The molecule has 7 nitrogen and oxygen atoms in total. The van der Waals surface area contributed by atoms with Gasteiger partial charge in [-0.3, -0.25) is 4.79 Å². The van der Waals surface area contributed by atoms with Gasteiger partial charge in [-0.25, -0.2) is 4.79 Å². The number of aryl methyl sites for hydroxylation is 1. The second-order valence-electron chi connectivity index (χ2n) is 7.99. The molecule has 0 fully saturated rings. The minimum atomic E-state index is -0.324. The third kappa shape index (κ3) is 4.93. The minimum absolute atomic E-state index is 0.0153. The molecule has 166 valence electrons. The highest BCUT2D eigenvalue weighted by molar-refractivity contribution is 5.95. The van der Waals surface area contributed by atoms with Gasteiger partial charge in [0.2, 0.25) is 0 Å². The van der Waals surface area contributed by atoms with E-state index in [0.29, 0.717) is 36.6 Å². The molecule has 3 amide bonds. The van der Waals surface area contributed by atoms with Gasteiger partial charge in [0.1, 0.15) is 0 Å². The number of urea groups is 1. The average molecular weight is 426 g/mol. The van der Waals surface area contributed by atoms with Crippen molar-refractivity contribution in [2.45, 2.75) is 39.3 Å². The Bertz CT molecular complexity index is 958. The van der Waals surface area contributed by atoms with Gasteiger partial charge < -0.3 is 25.0 Å². The molecule has 0 saturated heterocycles. The number of carbonyl (C=O) groups is 2. The van der Waals surface area contributed by atoms with Crippen LogP contribution in [0.15, 0.2) is 36.4 Å². The molecule has 1 heterocycles. The maximum Gasteiger partial charge on any atom is 0.318 e. The highest BCUT2D eigenvalue weighted by Crippen LogP contribution is 2.38. The predicted octanol–water partition coefficient (Wildman–Crippen LogP) is 3.46. The number of rotatable bonds is 6. The van der Waals surface area contributed by atoms with Crippen molar-refractivity contribution in [3.8, 4) is 11.5 Å². The summed E-state index contributed by atoms with van der Waals surface area (Å²) in [6.45, 7) is 6.61. The van der Waals surface area contributed by atoms with E-state index in [9.17, 15) is 9.59 Å². The summed E-state index contributed by atoms with van der Waals surface area (Å²) in [7, 11) is 3.20. The van der Waals surface area contributed by atoms with Crippen LogP contribution >= 0.6 is 0 Å². The zero-order chi connectivity index (χ0) is 22.5. The van der Waals surface area contributed by atoms with Crippen LogP contribution in [-0.4, -0.2) is 50.2 Å². The van der Waals surface area contributed by atoms with Crippen LogP contribution in [0.25, 0.3) is 0 Å². The van der Waals surface area contributed by atoms with Crippen LogP contribution in [0, 0.1) is 6.92 Å². The fourth-order valence-corrected chi connectivity index (χ4v) is 3.93. The van der Waals surface area contributed by atoms with Gasteiger partial charge in [0.15, 0.2) is 11.5 Å². The molecule has 7 heteroatoms. The summed E-state index contributed by atoms with van der Waals surface area (Å²) < 4.78 is 10.9. The monoisotopic (exact) mass is 425 g/mol. The third-order valence-corrected chi connectivity index (χ3v) is 5.52. The van der Waals surface area contributed by atoms with Gasteiger partial charge in [-0.1, -0.05) is 18.2 Å². The minimum Gasteiger partial charge on any atom is -0.493 e. The van der Waals surface area contributed by atoms with Gasteiger partial charge in [0.25, 0.3) is 5.91 Å². The van der Waals surface area contributed by atoms with Crippen LogP contribution < -0.4 is 20.1 Å². The molecule has 1 aliphatic heterocycles. The average Bonchev–Trinajstić information content (AvgIpc) is 2.75. The molecule has 1 atom stereocenters. The van der Waals surface area contributed by atoms with Gasteiger partial charge in [-0.05, 0) is 62.1 Å². The quantitative estimate of drug-likeness (QED) is 0.743. The molecule has 0 saturated carbocycles. The van der Waals surface area contributed by atoms with E-state index >= 15 is 0 Å². The molecule has 3 rings (SSSR count). The standard InChI is InChI=1S/C24H31N3O4/c1-15(2)26-24(29)27-11-10-17-12-21(30-4)22(31-5)13-19(17)20(27)14-25-23(28)18-9-7-6-8-16(18)3/h6-9,12-13,15,20H,10-11,14H2,1-5H3,(H,25,28)(H,26,29). The molecule has 2 aromatic rings. The first-order chi connectivity index (χ1) is 14.8. The number of fused-ring (bicyclic) bond motifs is 1. The van der Waals surface area contributed by atoms with Gasteiger partial charge in [-0.2, -0.15) is 0 Å². The summed E-state index contributed by atoms with van der Waals surface area (Å²) in [5.41, 5.74) is 3.57. The Morgan fingerprint density at radius 3 is 2.45 bits per heavy atom. The predicted molar refractivity (Wildman–Crippen MR) is 120 cm³/mol. The Morgan fingerprint density at radius 2 is 1.81 bits per heavy atom. The highest BCUT2D eigenvalue weighted by atomic mass is 16.5. The van der Waals surface area contributed by atoms with E-state index in [2.05, 4.69) is 10.6 Å². The zero-order valence-electron chi connectivity index (χ0n) is 18.8. The summed E-state index contributed by atoms with van der Waals surface area (Å²) in [6.07, 6.45) is 0.698. The number of amides is 3. The first-order valence-corrected chi connectivity index (χ1v) is 10.5. The lowest BCUT2D eigenvalue weighted by atomic mass is 9.91. The smallest absolute Gasteiger partial charge is 0.318 e. The van der Waals surface area contributed by atoms with E-state index in [1.54, 1.807) is 25.2 Å². The van der Waals surface area contributed by atoms with Crippen LogP contribution in [0.5, 0.6) is 11.5 Å². The van der Waals surface area contributed by atoms with Gasteiger partial charge in [-0.15, -0.1) is 0 Å². The first-order valence-electron chi connectivity index (χ1n) is 10.5. The number of nitrogens with zero attached hydrogens (tertiary/aromatic N) is 1.